The summed E-state index contributed by atoms with van der Waals surface area (Å²) in [5.74, 6) is 0.245. The lowest BCUT2D eigenvalue weighted by Gasteiger charge is -2.05. The van der Waals surface area contributed by atoms with Crippen LogP contribution in [-0.2, 0) is 11.3 Å². The van der Waals surface area contributed by atoms with Crippen molar-refractivity contribution in [2.75, 3.05) is 0 Å². The van der Waals surface area contributed by atoms with Crippen LogP contribution in [0.25, 0.3) is 11.0 Å². The summed E-state index contributed by atoms with van der Waals surface area (Å²) >= 11 is 0. The Balaban J connectivity index is 2.31. The average Bonchev–Trinajstić information content (AvgIpc) is 2.57. The van der Waals surface area contributed by atoms with Crippen LogP contribution < -0.4 is 0 Å². The van der Waals surface area contributed by atoms with Crippen LogP contribution in [0.1, 0.15) is 19.4 Å². The molecule has 1 N–H and O–H groups in total. The van der Waals surface area contributed by atoms with Crippen LogP contribution in [0.4, 0.5) is 0 Å². The van der Waals surface area contributed by atoms with Gasteiger partial charge in [0.1, 0.15) is 11.3 Å². The first-order valence-electron chi connectivity index (χ1n) is 4.97. The molecule has 0 aliphatic carbocycles. The average molecular weight is 206 g/mol. The molecule has 3 heteroatoms. The van der Waals surface area contributed by atoms with Gasteiger partial charge in [0.05, 0.1) is 19.0 Å². The van der Waals surface area contributed by atoms with Gasteiger partial charge in [-0.15, -0.1) is 0 Å². The first-order valence-corrected chi connectivity index (χ1v) is 4.97. The Hall–Kier alpha value is -1.48. The first kappa shape index (κ1) is 10.1. The number of aromatic hydroxyl groups is 1. The third kappa shape index (κ3) is 2.13. The molecular weight excluding hydrogens is 192 g/mol. The zero-order chi connectivity index (χ0) is 10.8. The Morgan fingerprint density at radius 3 is 2.93 bits per heavy atom. The zero-order valence-corrected chi connectivity index (χ0v) is 8.86. The number of phenols is 1. The van der Waals surface area contributed by atoms with Gasteiger partial charge in [-0.3, -0.25) is 0 Å². The molecule has 2 aromatic rings. The Morgan fingerprint density at radius 2 is 2.20 bits per heavy atom. The van der Waals surface area contributed by atoms with Gasteiger partial charge in [0.2, 0.25) is 0 Å². The molecule has 3 nitrogen and oxygen atoms in total. The summed E-state index contributed by atoms with van der Waals surface area (Å²) in [5, 5.41) is 10.3. The maximum Gasteiger partial charge on any atom is 0.134 e. The summed E-state index contributed by atoms with van der Waals surface area (Å²) in [5.41, 5.74) is 1.74. The maximum absolute atomic E-state index is 9.37. The van der Waals surface area contributed by atoms with Crippen molar-refractivity contribution in [3.63, 3.8) is 0 Å². The van der Waals surface area contributed by atoms with E-state index in [2.05, 4.69) is 0 Å². The Labute approximate surface area is 88.3 Å². The van der Waals surface area contributed by atoms with Crippen molar-refractivity contribution in [3.8, 4) is 5.75 Å². The van der Waals surface area contributed by atoms with Gasteiger partial charge in [-0.2, -0.15) is 0 Å². The molecule has 0 amide bonds. The van der Waals surface area contributed by atoms with E-state index in [0.29, 0.717) is 6.61 Å². The molecule has 0 atom stereocenters. The monoisotopic (exact) mass is 206 g/mol. The minimum absolute atomic E-state index is 0.187. The molecule has 0 spiro atoms. The van der Waals surface area contributed by atoms with Crippen molar-refractivity contribution in [1.82, 2.24) is 0 Å². The molecule has 0 saturated heterocycles. The van der Waals surface area contributed by atoms with Crippen LogP contribution in [0.2, 0.25) is 0 Å². The quantitative estimate of drug-likeness (QED) is 0.839. The fourth-order valence-corrected chi connectivity index (χ4v) is 1.44. The molecule has 2 rings (SSSR count). The molecule has 0 aliphatic rings. The van der Waals surface area contributed by atoms with Crippen molar-refractivity contribution in [2.45, 2.75) is 26.6 Å². The molecule has 0 unspecified atom stereocenters. The second-order valence-electron chi connectivity index (χ2n) is 3.80. The smallest absolute Gasteiger partial charge is 0.134 e. The molecule has 0 bridgehead atoms. The molecule has 0 saturated carbocycles. The van der Waals surface area contributed by atoms with Crippen LogP contribution >= 0.6 is 0 Å². The maximum atomic E-state index is 9.37. The lowest BCUT2D eigenvalue weighted by molar-refractivity contribution is 0.0660. The zero-order valence-electron chi connectivity index (χ0n) is 8.86. The number of furan rings is 1. The number of rotatable bonds is 3. The molecule has 0 aliphatic heterocycles. The molecular formula is C12H14O3. The lowest BCUT2D eigenvalue weighted by atomic mass is 10.2. The third-order valence-corrected chi connectivity index (χ3v) is 2.21. The second-order valence-corrected chi connectivity index (χ2v) is 3.80. The van der Waals surface area contributed by atoms with Crippen molar-refractivity contribution in [3.05, 3.63) is 30.0 Å². The minimum Gasteiger partial charge on any atom is -0.508 e. The number of phenolic OH excluding ortho intramolecular Hbond substituents is 1. The standard InChI is InChI=1S/C12H14O3/c1-8(2)14-6-9-7-15-12-4-3-10(13)5-11(9)12/h3-5,7-8,13H,6H2,1-2H3. The molecule has 80 valence electrons. The van der Waals surface area contributed by atoms with Crippen LogP contribution in [0, 0.1) is 0 Å². The Morgan fingerprint density at radius 1 is 1.40 bits per heavy atom. The van der Waals surface area contributed by atoms with Crippen molar-refractivity contribution in [1.29, 1.82) is 0 Å². The van der Waals surface area contributed by atoms with Gasteiger partial charge < -0.3 is 14.3 Å². The molecule has 1 heterocycles. The topological polar surface area (TPSA) is 42.6 Å². The summed E-state index contributed by atoms with van der Waals surface area (Å²) in [4.78, 5) is 0. The number of benzene rings is 1. The number of hydrogen-bond donors (Lipinski definition) is 1. The van der Waals surface area contributed by atoms with E-state index in [9.17, 15) is 5.11 Å². The summed E-state index contributed by atoms with van der Waals surface area (Å²) in [6.07, 6.45) is 1.86. The number of fused-ring (bicyclic) bond motifs is 1. The Kier molecular flexibility index (Phi) is 2.64. The third-order valence-electron chi connectivity index (χ3n) is 2.21. The van der Waals surface area contributed by atoms with Crippen LogP contribution in [0.15, 0.2) is 28.9 Å². The van der Waals surface area contributed by atoms with Crippen molar-refractivity contribution < 1.29 is 14.3 Å². The molecule has 0 fully saturated rings. The lowest BCUT2D eigenvalue weighted by Crippen LogP contribution is -2.01. The van der Waals surface area contributed by atoms with Gasteiger partial charge in [0.15, 0.2) is 0 Å². The van der Waals surface area contributed by atoms with Gasteiger partial charge in [-0.05, 0) is 32.0 Å². The normalized spacial score (nSPS) is 11.4. The molecule has 1 aromatic carbocycles. The van der Waals surface area contributed by atoms with Gasteiger partial charge >= 0.3 is 0 Å². The van der Waals surface area contributed by atoms with Gasteiger partial charge in [-0.1, -0.05) is 0 Å². The largest absolute Gasteiger partial charge is 0.508 e. The predicted molar refractivity (Wildman–Crippen MR) is 57.8 cm³/mol. The van der Waals surface area contributed by atoms with Gasteiger partial charge in [-0.25, -0.2) is 0 Å². The van der Waals surface area contributed by atoms with Gasteiger partial charge in [0.25, 0.3) is 0 Å². The van der Waals surface area contributed by atoms with E-state index in [4.69, 9.17) is 9.15 Å². The van der Waals surface area contributed by atoms with E-state index < -0.39 is 0 Å². The highest BCUT2D eigenvalue weighted by molar-refractivity contribution is 5.82. The summed E-state index contributed by atoms with van der Waals surface area (Å²) in [7, 11) is 0. The van der Waals surface area contributed by atoms with Crippen molar-refractivity contribution >= 4 is 11.0 Å². The highest BCUT2D eigenvalue weighted by Crippen LogP contribution is 2.25. The summed E-state index contributed by atoms with van der Waals surface area (Å²) < 4.78 is 10.8. The van der Waals surface area contributed by atoms with Crippen molar-refractivity contribution in [2.24, 2.45) is 0 Å². The fraction of sp³-hybridized carbons (Fsp3) is 0.333. The summed E-state index contributed by atoms with van der Waals surface area (Å²) in [6.45, 7) is 4.48. The van der Waals surface area contributed by atoms with Crippen LogP contribution in [-0.4, -0.2) is 11.2 Å². The van der Waals surface area contributed by atoms with Gasteiger partial charge in [0, 0.05) is 10.9 Å². The van der Waals surface area contributed by atoms with E-state index in [-0.39, 0.29) is 11.9 Å². The minimum atomic E-state index is 0.187. The predicted octanol–water partition coefficient (Wildman–Crippen LogP) is 3.06. The van der Waals surface area contributed by atoms with Crippen LogP contribution in [0.5, 0.6) is 5.75 Å². The fourth-order valence-electron chi connectivity index (χ4n) is 1.44. The molecule has 0 radical (unpaired) electrons. The first-order chi connectivity index (χ1) is 7.16. The SMILES string of the molecule is CC(C)OCc1coc2ccc(O)cc12. The highest BCUT2D eigenvalue weighted by Gasteiger charge is 2.07. The summed E-state index contributed by atoms with van der Waals surface area (Å²) in [6, 6.07) is 5.06. The van der Waals surface area contributed by atoms with E-state index >= 15 is 0 Å². The molecule has 1 aromatic heterocycles. The highest BCUT2D eigenvalue weighted by atomic mass is 16.5. The van der Waals surface area contributed by atoms with E-state index in [1.54, 1.807) is 24.5 Å². The second kappa shape index (κ2) is 3.95. The number of ether oxygens (including phenoxy) is 1. The van der Waals surface area contributed by atoms with Crippen LogP contribution in [0.3, 0.4) is 0 Å². The number of hydrogen-bond acceptors (Lipinski definition) is 3. The Bertz CT molecular complexity index is 457. The van der Waals surface area contributed by atoms with E-state index in [0.717, 1.165) is 16.5 Å². The molecule has 15 heavy (non-hydrogen) atoms. The van der Waals surface area contributed by atoms with E-state index in [1.807, 2.05) is 13.8 Å². The van der Waals surface area contributed by atoms with E-state index in [1.165, 1.54) is 0 Å².